The topological polar surface area (TPSA) is 73.6 Å². The van der Waals surface area contributed by atoms with Crippen molar-refractivity contribution in [1.82, 2.24) is 0 Å². The van der Waals surface area contributed by atoms with E-state index in [2.05, 4.69) is 5.32 Å². The zero-order valence-electron chi connectivity index (χ0n) is 12.1. The Bertz CT molecular complexity index is 641. The summed E-state index contributed by atoms with van der Waals surface area (Å²) >= 11 is 0. The molecule has 0 radical (unpaired) electrons. The highest BCUT2D eigenvalue weighted by Gasteiger charge is 2.14. The molecule has 2 aromatic rings. The molecule has 0 aliphatic carbocycles. The van der Waals surface area contributed by atoms with Crippen molar-refractivity contribution in [2.45, 2.75) is 6.92 Å². The van der Waals surface area contributed by atoms with Crippen LogP contribution in [0.15, 0.2) is 42.5 Å². The Morgan fingerprint density at radius 2 is 1.95 bits per heavy atom. The van der Waals surface area contributed by atoms with Crippen molar-refractivity contribution < 1.29 is 14.3 Å². The summed E-state index contributed by atoms with van der Waals surface area (Å²) in [6, 6.07) is 12.1. The molecule has 3 N–H and O–H groups in total. The highest BCUT2D eigenvalue weighted by atomic mass is 16.5. The van der Waals surface area contributed by atoms with Crippen molar-refractivity contribution in [3.05, 3.63) is 48.0 Å². The summed E-state index contributed by atoms with van der Waals surface area (Å²) in [5.41, 5.74) is 7.27. The lowest BCUT2D eigenvalue weighted by molar-refractivity contribution is 0.102. The number of anilines is 2. The molecule has 0 saturated heterocycles. The second kappa shape index (κ2) is 6.65. The first kappa shape index (κ1) is 14.7. The van der Waals surface area contributed by atoms with Gasteiger partial charge in [0.15, 0.2) is 0 Å². The molecule has 2 aromatic carbocycles. The lowest BCUT2D eigenvalue weighted by atomic mass is 10.1. The van der Waals surface area contributed by atoms with Gasteiger partial charge in [0.25, 0.3) is 5.91 Å². The first-order chi connectivity index (χ1) is 10.2. The van der Waals surface area contributed by atoms with Gasteiger partial charge in [-0.15, -0.1) is 0 Å². The van der Waals surface area contributed by atoms with Crippen molar-refractivity contribution in [2.75, 3.05) is 24.8 Å². The number of carbonyl (C=O) groups is 1. The number of methoxy groups -OCH3 is 1. The van der Waals surface area contributed by atoms with Crippen LogP contribution in [-0.2, 0) is 0 Å². The Balaban J connectivity index is 2.28. The molecule has 0 heterocycles. The lowest BCUT2D eigenvalue weighted by Crippen LogP contribution is -2.14. The highest BCUT2D eigenvalue weighted by molar-refractivity contribution is 6.07. The van der Waals surface area contributed by atoms with Crippen LogP contribution in [0.5, 0.6) is 11.5 Å². The SMILES string of the molecule is CCOc1ccccc1C(=O)Nc1cc(N)ccc1OC. The largest absolute Gasteiger partial charge is 0.495 e. The van der Waals surface area contributed by atoms with Gasteiger partial charge in [-0.25, -0.2) is 0 Å². The van der Waals surface area contributed by atoms with Gasteiger partial charge < -0.3 is 20.5 Å². The van der Waals surface area contributed by atoms with Crippen LogP contribution in [0.2, 0.25) is 0 Å². The van der Waals surface area contributed by atoms with Crippen molar-refractivity contribution in [2.24, 2.45) is 0 Å². The molecule has 2 rings (SSSR count). The average Bonchev–Trinajstić information content (AvgIpc) is 2.48. The fourth-order valence-electron chi connectivity index (χ4n) is 1.95. The summed E-state index contributed by atoms with van der Waals surface area (Å²) in [6.07, 6.45) is 0. The van der Waals surface area contributed by atoms with Gasteiger partial charge in [0.1, 0.15) is 11.5 Å². The predicted octanol–water partition coefficient (Wildman–Crippen LogP) is 2.93. The zero-order valence-corrected chi connectivity index (χ0v) is 12.1. The first-order valence-corrected chi connectivity index (χ1v) is 6.62. The van der Waals surface area contributed by atoms with E-state index in [1.165, 1.54) is 7.11 Å². The maximum Gasteiger partial charge on any atom is 0.259 e. The third-order valence-corrected chi connectivity index (χ3v) is 2.90. The Hall–Kier alpha value is -2.69. The molecule has 21 heavy (non-hydrogen) atoms. The molecule has 110 valence electrons. The number of hydrogen-bond acceptors (Lipinski definition) is 4. The fourth-order valence-corrected chi connectivity index (χ4v) is 1.95. The minimum Gasteiger partial charge on any atom is -0.495 e. The maximum absolute atomic E-state index is 12.4. The number of carbonyl (C=O) groups excluding carboxylic acids is 1. The maximum atomic E-state index is 12.4. The van der Waals surface area contributed by atoms with Crippen LogP contribution in [0.3, 0.4) is 0 Å². The quantitative estimate of drug-likeness (QED) is 0.829. The van der Waals surface area contributed by atoms with Crippen LogP contribution >= 0.6 is 0 Å². The average molecular weight is 286 g/mol. The summed E-state index contributed by atoms with van der Waals surface area (Å²) in [7, 11) is 1.54. The molecular formula is C16H18N2O3. The van der Waals surface area contributed by atoms with Crippen molar-refractivity contribution >= 4 is 17.3 Å². The van der Waals surface area contributed by atoms with Crippen LogP contribution in [0.25, 0.3) is 0 Å². The molecule has 0 unspecified atom stereocenters. The van der Waals surface area contributed by atoms with Gasteiger partial charge in [-0.1, -0.05) is 12.1 Å². The van der Waals surface area contributed by atoms with Gasteiger partial charge in [0, 0.05) is 5.69 Å². The summed E-state index contributed by atoms with van der Waals surface area (Å²) in [6.45, 7) is 2.36. The van der Waals surface area contributed by atoms with Crippen LogP contribution < -0.4 is 20.5 Å². The summed E-state index contributed by atoms with van der Waals surface area (Å²) in [5.74, 6) is 0.815. The molecule has 0 aliphatic heterocycles. The fraction of sp³-hybridized carbons (Fsp3) is 0.188. The summed E-state index contributed by atoms with van der Waals surface area (Å²) in [5, 5.41) is 2.79. The minimum absolute atomic E-state index is 0.275. The first-order valence-electron chi connectivity index (χ1n) is 6.62. The Morgan fingerprint density at radius 1 is 1.19 bits per heavy atom. The van der Waals surface area contributed by atoms with Crippen molar-refractivity contribution in [3.63, 3.8) is 0 Å². The number of benzene rings is 2. The highest BCUT2D eigenvalue weighted by Crippen LogP contribution is 2.28. The number of amides is 1. The standard InChI is InChI=1S/C16H18N2O3/c1-3-21-14-7-5-4-6-12(14)16(19)18-13-10-11(17)8-9-15(13)20-2/h4-10H,3,17H2,1-2H3,(H,18,19). The Labute approximate surface area is 123 Å². The molecule has 0 fully saturated rings. The molecular weight excluding hydrogens is 268 g/mol. The van der Waals surface area contributed by atoms with Crippen molar-refractivity contribution in [1.29, 1.82) is 0 Å². The zero-order chi connectivity index (χ0) is 15.2. The molecule has 5 heteroatoms. The molecule has 1 amide bonds. The van der Waals surface area contributed by atoms with Gasteiger partial charge in [-0.05, 0) is 37.3 Å². The van der Waals surface area contributed by atoms with Crippen molar-refractivity contribution in [3.8, 4) is 11.5 Å². The number of rotatable bonds is 5. The Kier molecular flexibility index (Phi) is 4.66. The molecule has 0 spiro atoms. The molecule has 5 nitrogen and oxygen atoms in total. The number of nitrogens with two attached hydrogens (primary N) is 1. The normalized spacial score (nSPS) is 10.0. The smallest absolute Gasteiger partial charge is 0.259 e. The monoisotopic (exact) mass is 286 g/mol. The molecule has 0 saturated carbocycles. The van der Waals surface area contributed by atoms with Crippen LogP contribution in [0.1, 0.15) is 17.3 Å². The number of hydrogen-bond donors (Lipinski definition) is 2. The van der Waals surface area contributed by atoms with E-state index >= 15 is 0 Å². The van der Waals surface area contributed by atoms with E-state index in [-0.39, 0.29) is 5.91 Å². The Morgan fingerprint density at radius 3 is 2.67 bits per heavy atom. The molecule has 0 aromatic heterocycles. The van der Waals surface area contributed by atoms with E-state index in [4.69, 9.17) is 15.2 Å². The van der Waals surface area contributed by atoms with Crippen LogP contribution in [-0.4, -0.2) is 19.6 Å². The van der Waals surface area contributed by atoms with Gasteiger partial charge in [-0.3, -0.25) is 4.79 Å². The van der Waals surface area contributed by atoms with E-state index in [9.17, 15) is 4.79 Å². The van der Waals surface area contributed by atoms with Crippen LogP contribution in [0.4, 0.5) is 11.4 Å². The summed E-state index contributed by atoms with van der Waals surface area (Å²) < 4.78 is 10.7. The second-order valence-electron chi connectivity index (χ2n) is 4.34. The van der Waals surface area contributed by atoms with Gasteiger partial charge in [-0.2, -0.15) is 0 Å². The predicted molar refractivity (Wildman–Crippen MR) is 83.0 cm³/mol. The number of nitrogen functional groups attached to an aromatic ring is 1. The van der Waals surface area contributed by atoms with Gasteiger partial charge in [0.2, 0.25) is 0 Å². The second-order valence-corrected chi connectivity index (χ2v) is 4.34. The number of para-hydroxylation sites is 1. The number of nitrogens with one attached hydrogen (secondary N) is 1. The molecule has 0 bridgehead atoms. The van der Waals surface area contributed by atoms with E-state index in [0.717, 1.165) is 0 Å². The van der Waals surface area contributed by atoms with Gasteiger partial charge >= 0.3 is 0 Å². The van der Waals surface area contributed by atoms with Gasteiger partial charge in [0.05, 0.1) is 25.0 Å². The molecule has 0 aliphatic rings. The minimum atomic E-state index is -0.275. The molecule has 0 atom stereocenters. The van der Waals surface area contributed by atoms with E-state index in [1.807, 2.05) is 13.0 Å². The lowest BCUT2D eigenvalue weighted by Gasteiger charge is -2.13. The third kappa shape index (κ3) is 3.45. The van der Waals surface area contributed by atoms with E-state index in [0.29, 0.717) is 35.0 Å². The summed E-state index contributed by atoms with van der Waals surface area (Å²) in [4.78, 5) is 12.4. The van der Waals surface area contributed by atoms with E-state index in [1.54, 1.807) is 36.4 Å². The third-order valence-electron chi connectivity index (χ3n) is 2.90. The number of ether oxygens (including phenoxy) is 2. The van der Waals surface area contributed by atoms with Crippen LogP contribution in [0, 0.1) is 0 Å². The van der Waals surface area contributed by atoms with E-state index < -0.39 is 0 Å².